The number of nitrogens with one attached hydrogen (secondary N) is 1. The lowest BCUT2D eigenvalue weighted by Gasteiger charge is -2.28. The Kier molecular flexibility index (Phi) is 6.22. The second kappa shape index (κ2) is 9.04. The van der Waals surface area contributed by atoms with Crippen LogP contribution in [-0.2, 0) is 17.8 Å². The zero-order chi connectivity index (χ0) is 21.1. The first-order chi connectivity index (χ1) is 14.5. The van der Waals surface area contributed by atoms with Crippen LogP contribution in [0.3, 0.4) is 0 Å². The number of hydrogen-bond acceptors (Lipinski definition) is 5. The van der Waals surface area contributed by atoms with Crippen LogP contribution in [-0.4, -0.2) is 60.6 Å². The van der Waals surface area contributed by atoms with Crippen LogP contribution in [0.25, 0.3) is 5.65 Å². The molecule has 1 saturated heterocycles. The first-order valence-corrected chi connectivity index (χ1v) is 10.4. The molecule has 4 rings (SSSR count). The second-order valence-corrected chi connectivity index (χ2v) is 7.99. The Morgan fingerprint density at radius 1 is 1.13 bits per heavy atom. The van der Waals surface area contributed by atoms with Gasteiger partial charge in [-0.05, 0) is 29.8 Å². The van der Waals surface area contributed by atoms with Crippen molar-refractivity contribution >= 4 is 28.8 Å². The van der Waals surface area contributed by atoms with Gasteiger partial charge in [-0.15, -0.1) is 0 Å². The monoisotopic (exact) mass is 427 g/mol. The molecule has 0 radical (unpaired) electrons. The minimum atomic E-state index is -0.124. The van der Waals surface area contributed by atoms with E-state index in [-0.39, 0.29) is 5.91 Å². The minimum Gasteiger partial charge on any atom is -0.378 e. The topological polar surface area (TPSA) is 62.1 Å². The number of hydrogen-bond donors (Lipinski definition) is 1. The van der Waals surface area contributed by atoms with Crippen molar-refractivity contribution in [3.05, 3.63) is 64.6 Å². The van der Waals surface area contributed by atoms with Gasteiger partial charge in [-0.25, -0.2) is 4.98 Å². The van der Waals surface area contributed by atoms with Gasteiger partial charge < -0.3 is 24.3 Å². The summed E-state index contributed by atoms with van der Waals surface area (Å²) in [7, 11) is 3.46. The number of benzene rings is 1. The summed E-state index contributed by atoms with van der Waals surface area (Å²) >= 11 is 6.17. The zero-order valence-corrected chi connectivity index (χ0v) is 18.0. The zero-order valence-electron chi connectivity index (χ0n) is 17.3. The predicted molar refractivity (Wildman–Crippen MR) is 118 cm³/mol. The van der Waals surface area contributed by atoms with Crippen molar-refractivity contribution in [2.75, 3.05) is 45.3 Å². The van der Waals surface area contributed by atoms with E-state index in [2.05, 4.69) is 39.5 Å². The number of pyridine rings is 1. The van der Waals surface area contributed by atoms with Crippen LogP contribution in [0, 0.1) is 0 Å². The van der Waals surface area contributed by atoms with Gasteiger partial charge in [0.1, 0.15) is 5.65 Å². The van der Waals surface area contributed by atoms with Gasteiger partial charge >= 0.3 is 0 Å². The molecule has 158 valence electrons. The third-order valence-corrected chi connectivity index (χ3v) is 5.45. The number of carbonyl (C=O) groups excluding carboxylic acids is 1. The summed E-state index contributed by atoms with van der Waals surface area (Å²) < 4.78 is 7.30. The van der Waals surface area contributed by atoms with Gasteiger partial charge in [0, 0.05) is 52.2 Å². The number of fused-ring (bicyclic) bond motifs is 1. The molecule has 1 N–H and O–H groups in total. The second-order valence-electron chi connectivity index (χ2n) is 7.55. The molecule has 2 aromatic heterocycles. The normalized spacial score (nSPS) is 14.3. The van der Waals surface area contributed by atoms with Crippen LogP contribution in [0.5, 0.6) is 0 Å². The smallest absolute Gasteiger partial charge is 0.273 e. The van der Waals surface area contributed by atoms with E-state index in [1.54, 1.807) is 26.4 Å². The molecule has 0 atom stereocenters. The van der Waals surface area contributed by atoms with Crippen molar-refractivity contribution in [2.24, 2.45) is 0 Å². The van der Waals surface area contributed by atoms with Crippen molar-refractivity contribution in [3.8, 4) is 0 Å². The maximum absolute atomic E-state index is 12.6. The number of anilines is 1. The molecule has 0 aliphatic carbocycles. The van der Waals surface area contributed by atoms with Gasteiger partial charge in [0.2, 0.25) is 0 Å². The summed E-state index contributed by atoms with van der Waals surface area (Å²) in [5.74, 6) is -0.124. The highest BCUT2D eigenvalue weighted by Gasteiger charge is 2.20. The Labute approximate surface area is 181 Å². The highest BCUT2D eigenvalue weighted by atomic mass is 35.5. The molecule has 8 heteroatoms. The lowest BCUT2D eigenvalue weighted by atomic mass is 10.2. The fraction of sp³-hybridized carbons (Fsp3) is 0.364. The van der Waals surface area contributed by atoms with E-state index in [9.17, 15) is 4.79 Å². The van der Waals surface area contributed by atoms with E-state index in [4.69, 9.17) is 16.3 Å². The number of aromatic nitrogens is 2. The third-order valence-electron chi connectivity index (χ3n) is 5.22. The summed E-state index contributed by atoms with van der Waals surface area (Å²) in [5.41, 5.74) is 4.35. The summed E-state index contributed by atoms with van der Waals surface area (Å²) in [6.45, 7) is 4.60. The lowest BCUT2D eigenvalue weighted by Crippen LogP contribution is -2.36. The summed E-state index contributed by atoms with van der Waals surface area (Å²) in [6, 6.07) is 12.2. The molecule has 7 nitrogen and oxygen atoms in total. The Balaban J connectivity index is 1.47. The molecule has 1 aromatic carbocycles. The van der Waals surface area contributed by atoms with Crippen LogP contribution < -0.4 is 10.2 Å². The van der Waals surface area contributed by atoms with E-state index in [0.29, 0.717) is 29.5 Å². The Hall–Kier alpha value is -2.61. The average Bonchev–Trinajstić information content (AvgIpc) is 3.12. The van der Waals surface area contributed by atoms with Gasteiger partial charge in [0.25, 0.3) is 5.91 Å². The highest BCUT2D eigenvalue weighted by molar-refractivity contribution is 6.30. The molecule has 3 aromatic rings. The third kappa shape index (κ3) is 4.43. The Bertz CT molecular complexity index is 1030. The number of morpholine rings is 1. The van der Waals surface area contributed by atoms with Crippen molar-refractivity contribution in [1.29, 1.82) is 0 Å². The fourth-order valence-electron chi connectivity index (χ4n) is 3.59. The van der Waals surface area contributed by atoms with Crippen LogP contribution >= 0.6 is 11.6 Å². The van der Waals surface area contributed by atoms with Crippen molar-refractivity contribution in [1.82, 2.24) is 19.6 Å². The lowest BCUT2D eigenvalue weighted by molar-refractivity contribution is 0.0821. The first kappa shape index (κ1) is 20.7. The molecule has 0 saturated carbocycles. The number of rotatable bonds is 6. The number of imidazole rings is 1. The van der Waals surface area contributed by atoms with Gasteiger partial charge in [0.05, 0.1) is 23.9 Å². The number of ether oxygens (including phenoxy) is 1. The van der Waals surface area contributed by atoms with E-state index in [1.165, 1.54) is 16.2 Å². The quantitative estimate of drug-likeness (QED) is 0.655. The van der Waals surface area contributed by atoms with E-state index < -0.39 is 0 Å². The van der Waals surface area contributed by atoms with Crippen LogP contribution in [0.4, 0.5) is 5.69 Å². The fourth-order valence-corrected chi connectivity index (χ4v) is 3.75. The highest BCUT2D eigenvalue weighted by Crippen LogP contribution is 2.19. The number of carbonyl (C=O) groups is 1. The Morgan fingerprint density at radius 2 is 1.87 bits per heavy atom. The van der Waals surface area contributed by atoms with Crippen molar-refractivity contribution in [2.45, 2.75) is 13.1 Å². The van der Waals surface area contributed by atoms with Gasteiger partial charge in [-0.1, -0.05) is 23.7 Å². The number of amides is 1. The van der Waals surface area contributed by atoms with E-state index in [1.807, 2.05) is 10.5 Å². The molecule has 1 aliphatic rings. The number of nitrogens with zero attached hydrogens (tertiary/aromatic N) is 4. The minimum absolute atomic E-state index is 0.124. The molecular weight excluding hydrogens is 402 g/mol. The summed E-state index contributed by atoms with van der Waals surface area (Å²) in [5, 5.41) is 4.04. The molecule has 1 aliphatic heterocycles. The number of halogens is 1. The molecule has 1 amide bonds. The van der Waals surface area contributed by atoms with Crippen LogP contribution in [0.2, 0.25) is 5.02 Å². The molecule has 1 fully saturated rings. The molecule has 0 spiro atoms. The van der Waals surface area contributed by atoms with Crippen LogP contribution in [0.15, 0.2) is 42.6 Å². The van der Waals surface area contributed by atoms with E-state index in [0.717, 1.165) is 32.0 Å². The SMILES string of the molecule is CN(C)C(=O)c1nc2ccc(Cl)cn2c1CNCc1ccc(N2CCOCC2)cc1. The maximum Gasteiger partial charge on any atom is 0.273 e. The summed E-state index contributed by atoms with van der Waals surface area (Å²) in [6.07, 6.45) is 1.80. The maximum atomic E-state index is 12.6. The summed E-state index contributed by atoms with van der Waals surface area (Å²) in [4.78, 5) is 21.0. The first-order valence-electron chi connectivity index (χ1n) is 10.0. The van der Waals surface area contributed by atoms with Crippen LogP contribution in [0.1, 0.15) is 21.7 Å². The predicted octanol–water partition coefficient (Wildman–Crippen LogP) is 2.82. The molecule has 30 heavy (non-hydrogen) atoms. The van der Waals surface area contributed by atoms with Gasteiger partial charge in [-0.3, -0.25) is 4.79 Å². The Morgan fingerprint density at radius 3 is 2.57 bits per heavy atom. The van der Waals surface area contributed by atoms with Gasteiger partial charge in [-0.2, -0.15) is 0 Å². The largest absolute Gasteiger partial charge is 0.378 e. The van der Waals surface area contributed by atoms with Gasteiger partial charge in [0.15, 0.2) is 5.69 Å². The van der Waals surface area contributed by atoms with Crippen molar-refractivity contribution < 1.29 is 9.53 Å². The van der Waals surface area contributed by atoms with Crippen molar-refractivity contribution in [3.63, 3.8) is 0 Å². The standard InChI is InChI=1S/C22H26ClN5O2/c1-26(2)22(29)21-19(28-15-17(23)5-8-20(28)25-21)14-24-13-16-3-6-18(7-4-16)27-9-11-30-12-10-27/h3-8,15,24H,9-14H2,1-2H3. The molecule has 3 heterocycles. The molecule has 0 bridgehead atoms. The average molecular weight is 428 g/mol. The van der Waals surface area contributed by atoms with E-state index >= 15 is 0 Å². The molecule has 0 unspecified atom stereocenters. The molecular formula is C22H26ClN5O2.